The fourth-order valence-electron chi connectivity index (χ4n) is 2.81. The molecule has 146 valence electrons. The zero-order chi connectivity index (χ0) is 20.6. The van der Waals surface area contributed by atoms with Crippen molar-refractivity contribution in [2.45, 2.75) is 6.18 Å². The maximum atomic E-state index is 13.0. The molecule has 0 saturated carbocycles. The van der Waals surface area contributed by atoms with Crippen LogP contribution in [0.15, 0.2) is 42.5 Å². The van der Waals surface area contributed by atoms with Crippen molar-refractivity contribution in [3.63, 3.8) is 0 Å². The highest BCUT2D eigenvalue weighted by Gasteiger charge is 2.32. The molecule has 2 aromatic carbocycles. The number of nitrogens with two attached hydrogens (primary N) is 1. The summed E-state index contributed by atoms with van der Waals surface area (Å²) in [6.45, 7) is 0. The molecule has 0 spiro atoms. The number of aromatic hydroxyl groups is 1. The van der Waals surface area contributed by atoms with Crippen LogP contribution in [0.3, 0.4) is 0 Å². The number of hydrogen-bond acceptors (Lipinski definition) is 6. The van der Waals surface area contributed by atoms with Crippen molar-refractivity contribution in [2.75, 3.05) is 12.8 Å². The van der Waals surface area contributed by atoms with Gasteiger partial charge in [-0.25, -0.2) is 0 Å². The first-order chi connectivity index (χ1) is 13.1. The Morgan fingerprint density at radius 1 is 1.21 bits per heavy atom. The molecule has 1 heterocycles. The lowest BCUT2D eigenvalue weighted by atomic mass is 10.0. The molecule has 0 fully saturated rings. The third-order valence-electron chi connectivity index (χ3n) is 4.03. The van der Waals surface area contributed by atoms with Gasteiger partial charge in [0.25, 0.3) is 0 Å². The molecule has 0 amide bonds. The van der Waals surface area contributed by atoms with E-state index in [-0.39, 0.29) is 38.0 Å². The summed E-state index contributed by atoms with van der Waals surface area (Å²) in [6, 6.07) is 8.63. The fraction of sp³-hybridized carbons (Fsp3) is 0.111. The van der Waals surface area contributed by atoms with Gasteiger partial charge in [-0.3, -0.25) is 10.1 Å². The van der Waals surface area contributed by atoms with E-state index < -0.39 is 22.4 Å². The molecular formula is C18H13F3N2O4S. The van der Waals surface area contributed by atoms with E-state index in [2.05, 4.69) is 0 Å². The molecule has 0 aliphatic heterocycles. The van der Waals surface area contributed by atoms with Gasteiger partial charge in [0, 0.05) is 0 Å². The quantitative estimate of drug-likeness (QED) is 0.449. The number of alkyl halides is 3. The second-order valence-corrected chi connectivity index (χ2v) is 6.76. The third kappa shape index (κ3) is 3.33. The van der Waals surface area contributed by atoms with Gasteiger partial charge in [-0.05, 0) is 29.8 Å². The van der Waals surface area contributed by atoms with Gasteiger partial charge in [-0.2, -0.15) is 13.2 Å². The minimum absolute atomic E-state index is 0.0109. The number of thiophene rings is 1. The molecule has 0 aliphatic carbocycles. The molecule has 28 heavy (non-hydrogen) atoms. The Bertz CT molecular complexity index is 1060. The van der Waals surface area contributed by atoms with Gasteiger partial charge in [0.1, 0.15) is 5.75 Å². The smallest absolute Gasteiger partial charge is 0.416 e. The highest BCUT2D eigenvalue weighted by atomic mass is 32.1. The van der Waals surface area contributed by atoms with Crippen molar-refractivity contribution < 1.29 is 27.9 Å². The molecule has 3 aromatic rings. The minimum Gasteiger partial charge on any atom is -0.506 e. The number of nitro groups is 1. The topological polar surface area (TPSA) is 98.6 Å². The van der Waals surface area contributed by atoms with Crippen molar-refractivity contribution in [1.82, 2.24) is 0 Å². The van der Waals surface area contributed by atoms with E-state index in [0.717, 1.165) is 23.5 Å². The highest BCUT2D eigenvalue weighted by molar-refractivity contribution is 7.20. The molecule has 0 unspecified atom stereocenters. The van der Waals surface area contributed by atoms with Crippen molar-refractivity contribution in [2.24, 2.45) is 0 Å². The first-order valence-electron chi connectivity index (χ1n) is 7.75. The maximum absolute atomic E-state index is 13.0. The Morgan fingerprint density at radius 3 is 2.50 bits per heavy atom. The molecule has 10 heteroatoms. The SMILES string of the molecule is COc1cccc(-c2sc(N)c(-c3cccc(C(F)(F)F)c3)c2O)c1[N+](=O)[O-]. The van der Waals surface area contributed by atoms with Gasteiger partial charge in [0.2, 0.25) is 0 Å². The molecule has 6 nitrogen and oxygen atoms in total. The van der Waals surface area contributed by atoms with E-state index in [1.807, 2.05) is 0 Å². The van der Waals surface area contributed by atoms with Crippen LogP contribution in [0.5, 0.6) is 11.5 Å². The van der Waals surface area contributed by atoms with E-state index >= 15 is 0 Å². The number of nitrogen functional groups attached to an aromatic ring is 1. The summed E-state index contributed by atoms with van der Waals surface area (Å²) in [6.07, 6.45) is -4.56. The molecule has 1 aromatic heterocycles. The predicted molar refractivity (Wildman–Crippen MR) is 99.5 cm³/mol. The van der Waals surface area contributed by atoms with Gasteiger partial charge >= 0.3 is 11.9 Å². The zero-order valence-electron chi connectivity index (χ0n) is 14.3. The van der Waals surface area contributed by atoms with Crippen LogP contribution in [0.1, 0.15) is 5.56 Å². The van der Waals surface area contributed by atoms with Crippen molar-refractivity contribution in [3.05, 3.63) is 58.1 Å². The third-order valence-corrected chi connectivity index (χ3v) is 5.08. The highest BCUT2D eigenvalue weighted by Crippen LogP contribution is 2.52. The summed E-state index contributed by atoms with van der Waals surface area (Å²) >= 11 is 0.840. The lowest BCUT2D eigenvalue weighted by Crippen LogP contribution is -2.04. The Balaban J connectivity index is 2.22. The Hall–Kier alpha value is -3.27. The average Bonchev–Trinajstić information content (AvgIpc) is 2.94. The standard InChI is InChI=1S/C18H13F3N2O4S/c1-27-12-7-3-6-11(14(12)23(25)26)16-15(24)13(17(22)28-16)9-4-2-5-10(8-9)18(19,20)21/h2-8,24H,22H2,1H3. The number of ether oxygens (including phenoxy) is 1. The molecular weight excluding hydrogens is 397 g/mol. The molecule has 0 radical (unpaired) electrons. The number of nitro benzene ring substituents is 1. The van der Waals surface area contributed by atoms with E-state index in [9.17, 15) is 28.4 Å². The van der Waals surface area contributed by atoms with Crippen LogP contribution >= 0.6 is 11.3 Å². The average molecular weight is 410 g/mol. The van der Waals surface area contributed by atoms with Crippen LogP contribution in [0.4, 0.5) is 23.9 Å². The van der Waals surface area contributed by atoms with Gasteiger partial charge in [-0.15, -0.1) is 11.3 Å². The first-order valence-corrected chi connectivity index (χ1v) is 8.57. The summed E-state index contributed by atoms with van der Waals surface area (Å²) in [5.74, 6) is -0.451. The number of hydrogen-bond donors (Lipinski definition) is 2. The minimum atomic E-state index is -4.56. The van der Waals surface area contributed by atoms with Gasteiger partial charge in [0.15, 0.2) is 5.75 Å². The molecule has 0 saturated heterocycles. The monoisotopic (exact) mass is 410 g/mol. The summed E-state index contributed by atoms with van der Waals surface area (Å²) in [4.78, 5) is 10.9. The van der Waals surface area contributed by atoms with Crippen LogP contribution in [0.25, 0.3) is 21.6 Å². The zero-order valence-corrected chi connectivity index (χ0v) is 15.1. The largest absolute Gasteiger partial charge is 0.506 e. The molecule has 0 atom stereocenters. The maximum Gasteiger partial charge on any atom is 0.416 e. The number of anilines is 1. The Morgan fingerprint density at radius 2 is 1.89 bits per heavy atom. The van der Waals surface area contributed by atoms with E-state index in [4.69, 9.17) is 10.5 Å². The van der Waals surface area contributed by atoms with Crippen molar-refractivity contribution in [3.8, 4) is 33.1 Å². The summed E-state index contributed by atoms with van der Waals surface area (Å²) in [5.41, 5.74) is 4.76. The second kappa shape index (κ2) is 7.04. The number of para-hydroxylation sites is 1. The Kier molecular flexibility index (Phi) is 4.90. The van der Waals surface area contributed by atoms with Crippen LogP contribution < -0.4 is 10.5 Å². The van der Waals surface area contributed by atoms with E-state index in [1.165, 1.54) is 37.4 Å². The summed E-state index contributed by atoms with van der Waals surface area (Å²) in [5, 5.41) is 22.2. The van der Waals surface area contributed by atoms with Gasteiger partial charge in [-0.1, -0.05) is 18.2 Å². The fourth-order valence-corrected chi connectivity index (χ4v) is 3.82. The predicted octanol–water partition coefficient (Wildman–Crippen LogP) is 5.31. The molecule has 0 bridgehead atoms. The van der Waals surface area contributed by atoms with Gasteiger partial charge < -0.3 is 15.6 Å². The number of methoxy groups -OCH3 is 1. The molecule has 3 rings (SSSR count). The number of halogens is 3. The van der Waals surface area contributed by atoms with Crippen molar-refractivity contribution in [1.29, 1.82) is 0 Å². The van der Waals surface area contributed by atoms with Crippen molar-refractivity contribution >= 4 is 22.0 Å². The van der Waals surface area contributed by atoms with E-state index in [0.29, 0.717) is 0 Å². The first kappa shape index (κ1) is 19.5. The number of benzene rings is 2. The van der Waals surface area contributed by atoms with Gasteiger partial charge in [0.05, 0.1) is 38.6 Å². The molecule has 3 N–H and O–H groups in total. The number of rotatable bonds is 4. The molecule has 0 aliphatic rings. The lowest BCUT2D eigenvalue weighted by molar-refractivity contribution is -0.385. The van der Waals surface area contributed by atoms with Crippen LogP contribution in [0, 0.1) is 10.1 Å². The second-order valence-electron chi connectivity index (χ2n) is 5.71. The number of nitrogens with zero attached hydrogens (tertiary/aromatic N) is 1. The summed E-state index contributed by atoms with van der Waals surface area (Å²) in [7, 11) is 1.27. The normalized spacial score (nSPS) is 11.4. The lowest BCUT2D eigenvalue weighted by Gasteiger charge is -2.09. The van der Waals surface area contributed by atoms with Crippen LogP contribution in [-0.2, 0) is 6.18 Å². The summed E-state index contributed by atoms with van der Waals surface area (Å²) < 4.78 is 44.0. The van der Waals surface area contributed by atoms with E-state index in [1.54, 1.807) is 0 Å². The van der Waals surface area contributed by atoms with Crippen LogP contribution in [0.2, 0.25) is 0 Å². The Labute approximate surface area is 160 Å². The van der Waals surface area contributed by atoms with Crippen LogP contribution in [-0.4, -0.2) is 17.1 Å².